The molecule has 0 fully saturated rings. The van der Waals surface area contributed by atoms with Gasteiger partial charge in [-0.25, -0.2) is 0 Å². The Hall–Kier alpha value is -2.02. The second kappa shape index (κ2) is 8.01. The summed E-state index contributed by atoms with van der Waals surface area (Å²) in [7, 11) is 3.54. The number of nitrogens with one attached hydrogen (secondary N) is 1. The lowest BCUT2D eigenvalue weighted by Crippen LogP contribution is -2.31. The van der Waals surface area contributed by atoms with E-state index in [0.717, 1.165) is 28.7 Å². The predicted octanol–water partition coefficient (Wildman–Crippen LogP) is 2.50. The van der Waals surface area contributed by atoms with Crippen molar-refractivity contribution in [1.82, 2.24) is 20.1 Å². The van der Waals surface area contributed by atoms with Crippen LogP contribution < -0.4 is 10.1 Å². The summed E-state index contributed by atoms with van der Waals surface area (Å²) < 4.78 is 7.06. The first-order chi connectivity index (χ1) is 11.1. The van der Waals surface area contributed by atoms with E-state index in [1.165, 1.54) is 11.8 Å². The second-order valence-electron chi connectivity index (χ2n) is 5.14. The zero-order chi connectivity index (χ0) is 16.8. The summed E-state index contributed by atoms with van der Waals surface area (Å²) >= 11 is 1.40. The minimum atomic E-state index is -0.215. The highest BCUT2D eigenvalue weighted by Gasteiger charge is 2.18. The molecule has 0 radical (unpaired) electrons. The van der Waals surface area contributed by atoms with Crippen molar-refractivity contribution in [3.8, 4) is 17.1 Å². The van der Waals surface area contributed by atoms with Gasteiger partial charge in [0.1, 0.15) is 5.75 Å². The molecule has 2 aromatic rings. The largest absolute Gasteiger partial charge is 0.497 e. The molecular formula is C16H22N4O2S. The normalized spacial score (nSPS) is 12.0. The van der Waals surface area contributed by atoms with Crippen LogP contribution in [0.2, 0.25) is 0 Å². The number of amides is 1. The number of carbonyl (C=O) groups excluding carboxylic acids is 1. The number of methoxy groups -OCH3 is 1. The summed E-state index contributed by atoms with van der Waals surface area (Å²) in [6, 6.07) is 7.65. The number of aromatic nitrogens is 3. The molecule has 1 heterocycles. The Morgan fingerprint density at radius 3 is 2.65 bits per heavy atom. The predicted molar refractivity (Wildman–Crippen MR) is 91.6 cm³/mol. The van der Waals surface area contributed by atoms with Crippen LogP contribution in [0.15, 0.2) is 29.4 Å². The molecular weight excluding hydrogens is 312 g/mol. The SMILES string of the molecule is CCCNC(=O)C(C)Sc1nnc(-c2ccc(OC)cc2)n1C. The highest BCUT2D eigenvalue weighted by atomic mass is 32.2. The third-order valence-corrected chi connectivity index (χ3v) is 4.52. The Balaban J connectivity index is 2.10. The Bertz CT molecular complexity index is 655. The van der Waals surface area contributed by atoms with Crippen LogP contribution in [-0.2, 0) is 11.8 Å². The number of ether oxygens (including phenoxy) is 1. The van der Waals surface area contributed by atoms with Gasteiger partial charge in [0.05, 0.1) is 12.4 Å². The molecule has 7 heteroatoms. The molecule has 0 spiro atoms. The van der Waals surface area contributed by atoms with Gasteiger partial charge < -0.3 is 14.6 Å². The van der Waals surface area contributed by atoms with E-state index in [0.29, 0.717) is 6.54 Å². The third-order valence-electron chi connectivity index (χ3n) is 3.38. The fraction of sp³-hybridized carbons (Fsp3) is 0.438. The van der Waals surface area contributed by atoms with Gasteiger partial charge in [0.2, 0.25) is 5.91 Å². The van der Waals surface area contributed by atoms with E-state index in [9.17, 15) is 4.79 Å². The van der Waals surface area contributed by atoms with E-state index in [1.54, 1.807) is 7.11 Å². The Morgan fingerprint density at radius 2 is 2.04 bits per heavy atom. The molecule has 0 saturated carbocycles. The van der Waals surface area contributed by atoms with Crippen LogP contribution >= 0.6 is 11.8 Å². The summed E-state index contributed by atoms with van der Waals surface area (Å²) in [5.74, 6) is 1.58. The maximum Gasteiger partial charge on any atom is 0.233 e. The zero-order valence-electron chi connectivity index (χ0n) is 13.9. The van der Waals surface area contributed by atoms with Crippen LogP contribution in [0.25, 0.3) is 11.4 Å². The third kappa shape index (κ3) is 4.25. The summed E-state index contributed by atoms with van der Waals surface area (Å²) in [6.45, 7) is 4.60. The molecule has 0 aliphatic rings. The minimum absolute atomic E-state index is 0.0193. The fourth-order valence-electron chi connectivity index (χ4n) is 2.01. The van der Waals surface area contributed by atoms with Gasteiger partial charge in [-0.3, -0.25) is 4.79 Å². The lowest BCUT2D eigenvalue weighted by Gasteiger charge is -2.11. The fourth-order valence-corrected chi connectivity index (χ4v) is 2.85. The van der Waals surface area contributed by atoms with E-state index in [4.69, 9.17) is 4.74 Å². The van der Waals surface area contributed by atoms with Crippen molar-refractivity contribution < 1.29 is 9.53 Å². The second-order valence-corrected chi connectivity index (χ2v) is 6.45. The molecule has 1 aromatic carbocycles. The lowest BCUT2D eigenvalue weighted by molar-refractivity contribution is -0.120. The Kier molecular flexibility index (Phi) is 6.04. The smallest absolute Gasteiger partial charge is 0.233 e. The molecule has 0 saturated heterocycles. The van der Waals surface area contributed by atoms with Crippen molar-refractivity contribution in [3.63, 3.8) is 0 Å². The summed E-state index contributed by atoms with van der Waals surface area (Å²) in [5.41, 5.74) is 0.954. The van der Waals surface area contributed by atoms with Crippen LogP contribution in [0.1, 0.15) is 20.3 Å². The van der Waals surface area contributed by atoms with Gasteiger partial charge in [-0.1, -0.05) is 18.7 Å². The quantitative estimate of drug-likeness (QED) is 0.788. The monoisotopic (exact) mass is 334 g/mol. The van der Waals surface area contributed by atoms with Crippen molar-refractivity contribution in [2.45, 2.75) is 30.7 Å². The lowest BCUT2D eigenvalue weighted by atomic mass is 10.2. The molecule has 1 atom stereocenters. The highest BCUT2D eigenvalue weighted by molar-refractivity contribution is 8.00. The van der Waals surface area contributed by atoms with Gasteiger partial charge in [-0.15, -0.1) is 10.2 Å². The highest BCUT2D eigenvalue weighted by Crippen LogP contribution is 2.26. The Labute approximate surface area is 140 Å². The van der Waals surface area contributed by atoms with Gasteiger partial charge in [0, 0.05) is 19.2 Å². The maximum atomic E-state index is 12.0. The van der Waals surface area contributed by atoms with Gasteiger partial charge >= 0.3 is 0 Å². The average Bonchev–Trinajstić information content (AvgIpc) is 2.93. The topological polar surface area (TPSA) is 69.0 Å². The number of hydrogen-bond donors (Lipinski definition) is 1. The van der Waals surface area contributed by atoms with Crippen molar-refractivity contribution in [1.29, 1.82) is 0 Å². The molecule has 0 bridgehead atoms. The van der Waals surface area contributed by atoms with Crippen molar-refractivity contribution in [2.75, 3.05) is 13.7 Å². The minimum Gasteiger partial charge on any atom is -0.497 e. The first-order valence-electron chi connectivity index (χ1n) is 7.55. The molecule has 1 N–H and O–H groups in total. The number of benzene rings is 1. The molecule has 1 amide bonds. The van der Waals surface area contributed by atoms with Crippen molar-refractivity contribution >= 4 is 17.7 Å². The summed E-state index contributed by atoms with van der Waals surface area (Å²) in [6.07, 6.45) is 0.925. The van der Waals surface area contributed by atoms with Crippen LogP contribution in [0.5, 0.6) is 5.75 Å². The molecule has 6 nitrogen and oxygen atoms in total. The number of hydrogen-bond acceptors (Lipinski definition) is 5. The van der Waals surface area contributed by atoms with Crippen LogP contribution in [0.4, 0.5) is 0 Å². The first-order valence-corrected chi connectivity index (χ1v) is 8.43. The first kappa shape index (κ1) is 17.3. The van der Waals surface area contributed by atoms with Gasteiger partial charge in [0.25, 0.3) is 0 Å². The molecule has 23 heavy (non-hydrogen) atoms. The maximum absolute atomic E-state index is 12.0. The molecule has 124 valence electrons. The molecule has 1 unspecified atom stereocenters. The number of thioether (sulfide) groups is 1. The van der Waals surface area contributed by atoms with E-state index >= 15 is 0 Å². The van der Waals surface area contributed by atoms with Gasteiger partial charge in [-0.2, -0.15) is 0 Å². The van der Waals surface area contributed by atoms with Crippen molar-refractivity contribution in [3.05, 3.63) is 24.3 Å². The van der Waals surface area contributed by atoms with E-state index in [1.807, 2.05) is 49.7 Å². The molecule has 0 aliphatic heterocycles. The van der Waals surface area contributed by atoms with Crippen LogP contribution in [-0.4, -0.2) is 39.6 Å². The molecule has 2 rings (SSSR count). The van der Waals surface area contributed by atoms with E-state index < -0.39 is 0 Å². The van der Waals surface area contributed by atoms with Crippen LogP contribution in [0.3, 0.4) is 0 Å². The number of carbonyl (C=O) groups is 1. The van der Waals surface area contributed by atoms with Crippen molar-refractivity contribution in [2.24, 2.45) is 7.05 Å². The van der Waals surface area contributed by atoms with Gasteiger partial charge in [0.15, 0.2) is 11.0 Å². The molecule has 1 aromatic heterocycles. The van der Waals surface area contributed by atoms with Crippen LogP contribution in [0, 0.1) is 0 Å². The summed E-state index contributed by atoms with van der Waals surface area (Å²) in [5, 5.41) is 11.8. The van der Waals surface area contributed by atoms with E-state index in [-0.39, 0.29) is 11.2 Å². The summed E-state index contributed by atoms with van der Waals surface area (Å²) in [4.78, 5) is 12.0. The number of rotatable bonds is 7. The number of nitrogens with zero attached hydrogens (tertiary/aromatic N) is 3. The molecule has 0 aliphatic carbocycles. The zero-order valence-corrected chi connectivity index (χ0v) is 14.7. The average molecular weight is 334 g/mol. The Morgan fingerprint density at radius 1 is 1.35 bits per heavy atom. The standard InChI is InChI=1S/C16H22N4O2S/c1-5-10-17-15(21)11(2)23-16-19-18-14(20(16)3)12-6-8-13(22-4)9-7-12/h6-9,11H,5,10H2,1-4H3,(H,17,21). The van der Waals surface area contributed by atoms with Gasteiger partial charge in [-0.05, 0) is 37.6 Å². The van der Waals surface area contributed by atoms with E-state index in [2.05, 4.69) is 15.5 Å².